The zero-order valence-corrected chi connectivity index (χ0v) is 9.89. The summed E-state index contributed by atoms with van der Waals surface area (Å²) in [5.41, 5.74) is 0. The molecule has 0 bridgehead atoms. The number of esters is 1. The van der Waals surface area contributed by atoms with Gasteiger partial charge in [0.05, 0.1) is 12.5 Å². The summed E-state index contributed by atoms with van der Waals surface area (Å²) >= 11 is 0. The highest BCUT2D eigenvalue weighted by molar-refractivity contribution is 5.74. The lowest BCUT2D eigenvalue weighted by molar-refractivity contribution is -0.147. The fourth-order valence-electron chi connectivity index (χ4n) is 0.792. The van der Waals surface area contributed by atoms with Crippen LogP contribution in [0.5, 0.6) is 0 Å². The molecule has 0 aromatic rings. The van der Waals surface area contributed by atoms with Gasteiger partial charge in [0.25, 0.3) is 0 Å². The third-order valence-corrected chi connectivity index (χ3v) is 1.96. The van der Waals surface area contributed by atoms with Crippen LogP contribution in [-0.4, -0.2) is 42.9 Å². The number of aliphatic carboxylic acids is 1. The van der Waals surface area contributed by atoms with Crippen molar-refractivity contribution in [1.82, 2.24) is 5.32 Å². The van der Waals surface area contributed by atoms with Gasteiger partial charge >= 0.3 is 18.0 Å². The van der Waals surface area contributed by atoms with Crippen molar-refractivity contribution in [2.75, 3.05) is 19.8 Å². The van der Waals surface area contributed by atoms with Crippen molar-refractivity contribution in [3.8, 4) is 0 Å². The van der Waals surface area contributed by atoms with Crippen LogP contribution in [0.15, 0.2) is 0 Å². The molecule has 0 spiro atoms. The predicted octanol–water partition coefficient (Wildman–Crippen LogP) is 0.387. The molecule has 1 amide bonds. The van der Waals surface area contributed by atoms with Crippen molar-refractivity contribution in [2.24, 2.45) is 5.92 Å². The summed E-state index contributed by atoms with van der Waals surface area (Å²) < 4.78 is 9.13. The molecule has 0 aliphatic rings. The Hall–Kier alpha value is -1.79. The van der Waals surface area contributed by atoms with E-state index in [0.717, 1.165) is 0 Å². The minimum Gasteiger partial charge on any atom is -0.479 e. The number of carboxylic acid groups (broad SMARTS) is 1. The van der Waals surface area contributed by atoms with E-state index in [1.807, 2.05) is 6.92 Å². The molecule has 0 aliphatic heterocycles. The highest BCUT2D eigenvalue weighted by Crippen LogP contribution is 2.02. The molecular weight excluding hydrogens is 230 g/mol. The third-order valence-electron chi connectivity index (χ3n) is 1.96. The molecule has 1 unspecified atom stereocenters. The molecule has 0 radical (unpaired) electrons. The second-order valence-corrected chi connectivity index (χ2v) is 3.37. The fraction of sp³-hybridized carbons (Fsp3) is 0.700. The summed E-state index contributed by atoms with van der Waals surface area (Å²) in [5, 5.41) is 10.5. The van der Waals surface area contributed by atoms with Crippen molar-refractivity contribution in [2.45, 2.75) is 20.3 Å². The van der Waals surface area contributed by atoms with Crippen LogP contribution in [0, 0.1) is 5.92 Å². The maximum atomic E-state index is 11.2. The molecule has 0 aromatic heterocycles. The maximum absolute atomic E-state index is 11.2. The van der Waals surface area contributed by atoms with Crippen LogP contribution >= 0.6 is 0 Å². The lowest BCUT2D eigenvalue weighted by Crippen LogP contribution is -2.30. The molecule has 2 N–H and O–H groups in total. The van der Waals surface area contributed by atoms with Gasteiger partial charge in [-0.1, -0.05) is 13.8 Å². The van der Waals surface area contributed by atoms with Crippen LogP contribution < -0.4 is 5.32 Å². The number of nitrogens with one attached hydrogen (secondary N) is 1. The summed E-state index contributed by atoms with van der Waals surface area (Å²) in [4.78, 5) is 32.1. The standard InChI is InChI=1S/C10H17NO6/c1-3-7(2)9(14)16-5-4-11-10(15)17-6-8(12)13/h7H,3-6H2,1-2H3,(H,11,15)(H,12,13). The van der Waals surface area contributed by atoms with Gasteiger partial charge in [-0.25, -0.2) is 9.59 Å². The Balaban J connectivity index is 3.54. The van der Waals surface area contributed by atoms with E-state index in [1.165, 1.54) is 0 Å². The largest absolute Gasteiger partial charge is 0.479 e. The van der Waals surface area contributed by atoms with Gasteiger partial charge in [0.2, 0.25) is 0 Å². The first-order chi connectivity index (χ1) is 7.97. The van der Waals surface area contributed by atoms with Crippen molar-refractivity contribution in [3.05, 3.63) is 0 Å². The zero-order valence-electron chi connectivity index (χ0n) is 9.89. The monoisotopic (exact) mass is 247 g/mol. The Labute approximate surface area is 99.1 Å². The predicted molar refractivity (Wildman–Crippen MR) is 57.4 cm³/mol. The number of amides is 1. The molecule has 1 atom stereocenters. The van der Waals surface area contributed by atoms with E-state index in [1.54, 1.807) is 6.92 Å². The van der Waals surface area contributed by atoms with E-state index >= 15 is 0 Å². The van der Waals surface area contributed by atoms with Crippen LogP contribution in [0.3, 0.4) is 0 Å². The average Bonchev–Trinajstić information content (AvgIpc) is 2.30. The Morgan fingerprint density at radius 1 is 1.29 bits per heavy atom. The Morgan fingerprint density at radius 3 is 2.47 bits per heavy atom. The van der Waals surface area contributed by atoms with Crippen LogP contribution in [-0.2, 0) is 19.1 Å². The van der Waals surface area contributed by atoms with Gasteiger partial charge in [-0.3, -0.25) is 4.79 Å². The highest BCUT2D eigenvalue weighted by atomic mass is 16.6. The summed E-state index contributed by atoms with van der Waals surface area (Å²) in [7, 11) is 0. The SMILES string of the molecule is CCC(C)C(=O)OCCNC(=O)OCC(=O)O. The van der Waals surface area contributed by atoms with E-state index < -0.39 is 18.7 Å². The van der Waals surface area contributed by atoms with Crippen LogP contribution in [0.2, 0.25) is 0 Å². The van der Waals surface area contributed by atoms with Gasteiger partial charge in [-0.05, 0) is 6.42 Å². The quantitative estimate of drug-likeness (QED) is 0.498. The minimum atomic E-state index is -1.23. The highest BCUT2D eigenvalue weighted by Gasteiger charge is 2.11. The molecule has 0 rings (SSSR count). The Bertz CT molecular complexity index is 278. The second-order valence-electron chi connectivity index (χ2n) is 3.37. The van der Waals surface area contributed by atoms with Crippen LogP contribution in [0.1, 0.15) is 20.3 Å². The lowest BCUT2D eigenvalue weighted by Gasteiger charge is -2.09. The zero-order chi connectivity index (χ0) is 13.3. The number of carbonyl (C=O) groups is 3. The Morgan fingerprint density at radius 2 is 1.94 bits per heavy atom. The van der Waals surface area contributed by atoms with E-state index in [-0.39, 0.29) is 25.0 Å². The van der Waals surface area contributed by atoms with Crippen molar-refractivity contribution >= 4 is 18.0 Å². The molecule has 98 valence electrons. The first-order valence-electron chi connectivity index (χ1n) is 5.26. The van der Waals surface area contributed by atoms with Gasteiger partial charge < -0.3 is 19.9 Å². The summed E-state index contributed by atoms with van der Waals surface area (Å²) in [5.74, 6) is -1.73. The smallest absolute Gasteiger partial charge is 0.407 e. The first-order valence-corrected chi connectivity index (χ1v) is 5.26. The minimum absolute atomic E-state index is 0.0331. The molecule has 0 fully saturated rings. The summed E-state index contributed by atoms with van der Waals surface area (Å²) in [6.45, 7) is 3.04. The maximum Gasteiger partial charge on any atom is 0.407 e. The number of carboxylic acids is 1. The van der Waals surface area contributed by atoms with Crippen LogP contribution in [0.4, 0.5) is 4.79 Å². The average molecular weight is 247 g/mol. The molecular formula is C10H17NO6. The number of ether oxygens (including phenoxy) is 2. The van der Waals surface area contributed by atoms with E-state index in [4.69, 9.17) is 9.84 Å². The Kier molecular flexibility index (Phi) is 7.49. The van der Waals surface area contributed by atoms with Crippen molar-refractivity contribution in [1.29, 1.82) is 0 Å². The summed E-state index contributed by atoms with van der Waals surface area (Å²) in [6.07, 6.45) is -0.167. The first kappa shape index (κ1) is 15.2. The van der Waals surface area contributed by atoms with Gasteiger partial charge in [-0.2, -0.15) is 0 Å². The molecule has 0 aliphatic carbocycles. The van der Waals surface area contributed by atoms with Gasteiger partial charge in [-0.15, -0.1) is 0 Å². The van der Waals surface area contributed by atoms with Gasteiger partial charge in [0.1, 0.15) is 6.61 Å². The number of alkyl carbamates (subject to hydrolysis) is 1. The topological polar surface area (TPSA) is 102 Å². The summed E-state index contributed by atoms with van der Waals surface area (Å²) in [6, 6.07) is 0. The molecule has 0 aromatic carbocycles. The molecule has 17 heavy (non-hydrogen) atoms. The number of rotatable bonds is 7. The second kappa shape index (κ2) is 8.37. The lowest BCUT2D eigenvalue weighted by atomic mass is 10.1. The van der Waals surface area contributed by atoms with E-state index in [2.05, 4.69) is 10.1 Å². The third kappa shape index (κ3) is 8.06. The van der Waals surface area contributed by atoms with Crippen molar-refractivity contribution < 1.29 is 29.0 Å². The van der Waals surface area contributed by atoms with Gasteiger partial charge in [0, 0.05) is 0 Å². The van der Waals surface area contributed by atoms with Gasteiger partial charge in [0.15, 0.2) is 6.61 Å². The molecule has 0 saturated carbocycles. The van der Waals surface area contributed by atoms with E-state index in [9.17, 15) is 14.4 Å². The fourth-order valence-corrected chi connectivity index (χ4v) is 0.792. The van der Waals surface area contributed by atoms with Crippen molar-refractivity contribution in [3.63, 3.8) is 0 Å². The van der Waals surface area contributed by atoms with Crippen LogP contribution in [0.25, 0.3) is 0 Å². The molecule has 7 nitrogen and oxygen atoms in total. The molecule has 7 heteroatoms. The molecule has 0 saturated heterocycles. The number of hydrogen-bond acceptors (Lipinski definition) is 5. The van der Waals surface area contributed by atoms with E-state index in [0.29, 0.717) is 6.42 Å². The number of carbonyl (C=O) groups excluding carboxylic acids is 2. The number of hydrogen-bond donors (Lipinski definition) is 2. The molecule has 0 heterocycles. The normalized spacial score (nSPS) is 11.4.